The normalized spacial score (nSPS) is 21.1. The average Bonchev–Trinajstić information content (AvgIpc) is 2.78. The van der Waals surface area contributed by atoms with E-state index in [0.717, 1.165) is 0 Å². The van der Waals surface area contributed by atoms with Gasteiger partial charge in [0.2, 0.25) is 0 Å². The van der Waals surface area contributed by atoms with E-state index < -0.39 is 17.6 Å². The molecule has 1 saturated carbocycles. The lowest BCUT2D eigenvalue weighted by molar-refractivity contribution is -0.131. The highest BCUT2D eigenvalue weighted by Crippen LogP contribution is 2.40. The van der Waals surface area contributed by atoms with Crippen LogP contribution in [0.1, 0.15) is 33.6 Å². The fourth-order valence-electron chi connectivity index (χ4n) is 1.06. The second-order valence-corrected chi connectivity index (χ2v) is 4.92. The highest BCUT2D eigenvalue weighted by Gasteiger charge is 2.51. The number of nitrogens with one attached hydrogen (secondary N) is 1. The molecule has 1 rings (SSSR count). The van der Waals surface area contributed by atoms with Crippen molar-refractivity contribution in [3.05, 3.63) is 0 Å². The Kier molecular flexibility index (Phi) is 2.65. The van der Waals surface area contributed by atoms with Gasteiger partial charge in [0.05, 0.1) is 6.04 Å². The molecule has 4 heteroatoms. The third kappa shape index (κ3) is 2.30. The number of aldehydes is 1. The molecule has 1 atom stereocenters. The number of alkyl halides is 1. The van der Waals surface area contributed by atoms with Crippen LogP contribution in [0.25, 0.3) is 0 Å². The van der Waals surface area contributed by atoms with Crippen molar-refractivity contribution in [2.24, 2.45) is 5.41 Å². The van der Waals surface area contributed by atoms with Crippen molar-refractivity contribution in [3.8, 4) is 0 Å². The van der Waals surface area contributed by atoms with E-state index in [1.54, 1.807) is 0 Å². The zero-order valence-electron chi connectivity index (χ0n) is 8.76. The standard InChI is InChI=1S/C10H16FNO2/c1-9(2,3)7(6-13)12-8(14)10(11)4-5-10/h6-7H,4-5H2,1-3H3,(H,12,14). The van der Waals surface area contributed by atoms with E-state index in [1.165, 1.54) is 0 Å². The molecule has 0 spiro atoms. The fourth-order valence-corrected chi connectivity index (χ4v) is 1.06. The summed E-state index contributed by atoms with van der Waals surface area (Å²) >= 11 is 0. The molecule has 1 fully saturated rings. The summed E-state index contributed by atoms with van der Waals surface area (Å²) in [6.45, 7) is 5.47. The summed E-state index contributed by atoms with van der Waals surface area (Å²) in [4.78, 5) is 22.0. The molecular weight excluding hydrogens is 185 g/mol. The maximum Gasteiger partial charge on any atom is 0.258 e. The predicted octanol–water partition coefficient (Wildman–Crippen LogP) is 1.22. The summed E-state index contributed by atoms with van der Waals surface area (Å²) in [5.41, 5.74) is -2.07. The van der Waals surface area contributed by atoms with Gasteiger partial charge in [-0.15, -0.1) is 0 Å². The van der Waals surface area contributed by atoms with Crippen molar-refractivity contribution in [2.45, 2.75) is 45.3 Å². The SMILES string of the molecule is CC(C)(C)C(C=O)NC(=O)C1(F)CC1. The summed E-state index contributed by atoms with van der Waals surface area (Å²) in [6.07, 6.45) is 1.20. The van der Waals surface area contributed by atoms with Gasteiger partial charge in [0, 0.05) is 0 Å². The molecule has 1 N–H and O–H groups in total. The number of amides is 1. The number of carbonyl (C=O) groups excluding carboxylic acids is 2. The van der Waals surface area contributed by atoms with Crippen LogP contribution in [-0.4, -0.2) is 23.9 Å². The van der Waals surface area contributed by atoms with Crippen LogP contribution in [0.3, 0.4) is 0 Å². The largest absolute Gasteiger partial charge is 0.343 e. The van der Waals surface area contributed by atoms with Gasteiger partial charge in [-0.1, -0.05) is 20.8 Å². The summed E-state index contributed by atoms with van der Waals surface area (Å²) in [5.74, 6) is -0.649. The van der Waals surface area contributed by atoms with E-state index in [-0.39, 0.29) is 18.3 Å². The molecule has 14 heavy (non-hydrogen) atoms. The van der Waals surface area contributed by atoms with Gasteiger partial charge in [0.25, 0.3) is 5.91 Å². The summed E-state index contributed by atoms with van der Waals surface area (Å²) in [6, 6.07) is -0.622. The molecule has 0 heterocycles. The third-order valence-corrected chi connectivity index (χ3v) is 2.45. The number of carbonyl (C=O) groups is 2. The Morgan fingerprint density at radius 2 is 2.00 bits per heavy atom. The smallest absolute Gasteiger partial charge is 0.258 e. The second-order valence-electron chi connectivity index (χ2n) is 4.92. The van der Waals surface area contributed by atoms with Gasteiger partial charge >= 0.3 is 0 Å². The van der Waals surface area contributed by atoms with E-state index in [4.69, 9.17) is 0 Å². The Hall–Kier alpha value is -0.930. The Labute approximate surface area is 83.1 Å². The van der Waals surface area contributed by atoms with Crippen molar-refractivity contribution in [3.63, 3.8) is 0 Å². The van der Waals surface area contributed by atoms with Crippen LogP contribution in [0.15, 0.2) is 0 Å². The number of hydrogen-bond acceptors (Lipinski definition) is 2. The van der Waals surface area contributed by atoms with Gasteiger partial charge in [-0.2, -0.15) is 0 Å². The quantitative estimate of drug-likeness (QED) is 0.698. The van der Waals surface area contributed by atoms with Crippen molar-refractivity contribution in [2.75, 3.05) is 0 Å². The Bertz CT molecular complexity index is 253. The Morgan fingerprint density at radius 3 is 2.29 bits per heavy atom. The van der Waals surface area contributed by atoms with Crippen molar-refractivity contribution >= 4 is 12.2 Å². The Balaban J connectivity index is 2.57. The summed E-state index contributed by atoms with van der Waals surface area (Å²) < 4.78 is 13.3. The predicted molar refractivity (Wildman–Crippen MR) is 50.5 cm³/mol. The minimum atomic E-state index is -1.70. The maximum atomic E-state index is 13.3. The fraction of sp³-hybridized carbons (Fsp3) is 0.800. The van der Waals surface area contributed by atoms with E-state index in [2.05, 4.69) is 5.32 Å². The Morgan fingerprint density at radius 1 is 1.50 bits per heavy atom. The summed E-state index contributed by atoms with van der Waals surface area (Å²) in [7, 11) is 0. The van der Waals surface area contributed by atoms with Crippen LogP contribution in [-0.2, 0) is 9.59 Å². The first-order chi connectivity index (χ1) is 6.29. The first kappa shape index (κ1) is 11.1. The highest BCUT2D eigenvalue weighted by molar-refractivity contribution is 5.89. The number of hydrogen-bond donors (Lipinski definition) is 1. The topological polar surface area (TPSA) is 46.2 Å². The molecule has 0 aromatic heterocycles. The maximum absolute atomic E-state index is 13.3. The van der Waals surface area contributed by atoms with Gasteiger partial charge in [-0.25, -0.2) is 4.39 Å². The van der Waals surface area contributed by atoms with Crippen LogP contribution >= 0.6 is 0 Å². The lowest BCUT2D eigenvalue weighted by atomic mass is 9.87. The van der Waals surface area contributed by atoms with Crippen molar-refractivity contribution < 1.29 is 14.0 Å². The lowest BCUT2D eigenvalue weighted by Gasteiger charge is -2.27. The van der Waals surface area contributed by atoms with Crippen molar-refractivity contribution in [1.29, 1.82) is 0 Å². The van der Waals surface area contributed by atoms with Crippen molar-refractivity contribution in [1.82, 2.24) is 5.32 Å². The van der Waals surface area contributed by atoms with Gasteiger partial charge < -0.3 is 10.1 Å². The lowest BCUT2D eigenvalue weighted by Crippen LogP contribution is -2.48. The minimum absolute atomic E-state index is 0.272. The molecule has 0 aliphatic heterocycles. The van der Waals surface area contributed by atoms with E-state index in [9.17, 15) is 14.0 Å². The number of rotatable bonds is 3. The minimum Gasteiger partial charge on any atom is -0.343 e. The van der Waals surface area contributed by atoms with E-state index >= 15 is 0 Å². The molecular formula is C10H16FNO2. The molecule has 0 radical (unpaired) electrons. The third-order valence-electron chi connectivity index (χ3n) is 2.45. The molecule has 1 aliphatic carbocycles. The van der Waals surface area contributed by atoms with Crippen LogP contribution in [0.2, 0.25) is 0 Å². The monoisotopic (exact) mass is 201 g/mol. The zero-order chi connectivity index (χ0) is 11.0. The zero-order valence-corrected chi connectivity index (χ0v) is 8.76. The number of halogens is 1. The molecule has 0 bridgehead atoms. The van der Waals surface area contributed by atoms with E-state index in [0.29, 0.717) is 6.29 Å². The van der Waals surface area contributed by atoms with Gasteiger partial charge in [-0.3, -0.25) is 4.79 Å². The first-order valence-electron chi connectivity index (χ1n) is 4.75. The summed E-state index contributed by atoms with van der Waals surface area (Å²) in [5, 5.41) is 2.43. The molecule has 0 saturated heterocycles. The molecule has 3 nitrogen and oxygen atoms in total. The van der Waals surface area contributed by atoms with Gasteiger partial charge in [-0.05, 0) is 18.3 Å². The van der Waals surface area contributed by atoms with Crippen LogP contribution in [0.4, 0.5) is 4.39 Å². The van der Waals surface area contributed by atoms with Gasteiger partial charge in [0.1, 0.15) is 6.29 Å². The van der Waals surface area contributed by atoms with Gasteiger partial charge in [0.15, 0.2) is 5.67 Å². The molecule has 1 unspecified atom stereocenters. The second kappa shape index (κ2) is 3.33. The van der Waals surface area contributed by atoms with Crippen LogP contribution in [0, 0.1) is 5.41 Å². The molecule has 1 amide bonds. The molecule has 80 valence electrons. The first-order valence-corrected chi connectivity index (χ1v) is 4.75. The van der Waals surface area contributed by atoms with E-state index in [1.807, 2.05) is 20.8 Å². The van der Waals surface area contributed by atoms with Crippen LogP contribution < -0.4 is 5.32 Å². The average molecular weight is 201 g/mol. The molecule has 1 aliphatic rings. The van der Waals surface area contributed by atoms with Crippen LogP contribution in [0.5, 0.6) is 0 Å². The highest BCUT2D eigenvalue weighted by atomic mass is 19.1. The molecule has 0 aromatic rings. The molecule has 0 aromatic carbocycles.